The topological polar surface area (TPSA) is 9.23 Å². The van der Waals surface area contributed by atoms with Crippen molar-refractivity contribution in [1.82, 2.24) is 0 Å². The van der Waals surface area contributed by atoms with Gasteiger partial charge in [0.2, 0.25) is 0 Å². The Labute approximate surface area is 156 Å². The number of rotatable bonds is 6. The number of ether oxygens (including phenoxy) is 1. The Bertz CT molecular complexity index is 618. The highest BCUT2D eigenvalue weighted by Gasteiger charge is 2.29. The van der Waals surface area contributed by atoms with Gasteiger partial charge in [-0.15, -0.1) is 0 Å². The van der Waals surface area contributed by atoms with E-state index in [9.17, 15) is 0 Å². The summed E-state index contributed by atoms with van der Waals surface area (Å²) in [4.78, 5) is 0. The van der Waals surface area contributed by atoms with Crippen molar-refractivity contribution in [3.05, 3.63) is 65.7 Å². The largest absolute Gasteiger partial charge is 1.00 e. The SMILES string of the molecule is C[N+]1(CCOc2ccc(/C=C/c3ccccc3)cc2)CCC1.[I-]. The van der Waals surface area contributed by atoms with Crippen molar-refractivity contribution in [2.75, 3.05) is 33.3 Å². The molecule has 0 radical (unpaired) electrons. The number of nitrogens with zero attached hydrogens (tertiary/aromatic N) is 1. The fourth-order valence-corrected chi connectivity index (χ4v) is 2.74. The lowest BCUT2D eigenvalue weighted by atomic mass is 10.1. The van der Waals surface area contributed by atoms with Crippen LogP contribution in [0, 0.1) is 0 Å². The monoisotopic (exact) mass is 421 g/mol. The molecule has 1 saturated heterocycles. The summed E-state index contributed by atoms with van der Waals surface area (Å²) in [6.07, 6.45) is 5.62. The molecule has 2 aromatic rings. The number of likely N-dealkylation sites (N-methyl/N-ethyl adjacent to an activating group) is 1. The molecule has 1 heterocycles. The predicted octanol–water partition coefficient (Wildman–Crippen LogP) is 1.09. The lowest BCUT2D eigenvalue weighted by Crippen LogP contribution is -3.00. The highest BCUT2D eigenvalue weighted by atomic mass is 127. The van der Waals surface area contributed by atoms with Crippen LogP contribution in [0.4, 0.5) is 0 Å². The molecule has 3 heteroatoms. The van der Waals surface area contributed by atoms with Crippen molar-refractivity contribution in [3.8, 4) is 5.75 Å². The van der Waals surface area contributed by atoms with Gasteiger partial charge >= 0.3 is 0 Å². The molecule has 0 atom stereocenters. The fourth-order valence-electron chi connectivity index (χ4n) is 2.74. The Morgan fingerprint density at radius 3 is 2.09 bits per heavy atom. The minimum atomic E-state index is 0. The molecule has 23 heavy (non-hydrogen) atoms. The van der Waals surface area contributed by atoms with E-state index in [1.54, 1.807) is 0 Å². The summed E-state index contributed by atoms with van der Waals surface area (Å²) in [5.74, 6) is 0.962. The van der Waals surface area contributed by atoms with E-state index < -0.39 is 0 Å². The van der Waals surface area contributed by atoms with Crippen LogP contribution in [-0.4, -0.2) is 37.8 Å². The third kappa shape index (κ3) is 5.36. The number of benzene rings is 2. The molecule has 0 aliphatic carbocycles. The number of halogens is 1. The normalized spacial score (nSPS) is 15.7. The molecule has 122 valence electrons. The first-order valence-corrected chi connectivity index (χ1v) is 8.03. The molecule has 0 aromatic heterocycles. The van der Waals surface area contributed by atoms with Gasteiger partial charge in [0.15, 0.2) is 0 Å². The van der Waals surface area contributed by atoms with E-state index in [2.05, 4.69) is 67.7 Å². The molecule has 3 rings (SSSR count). The average Bonchev–Trinajstić information content (AvgIpc) is 2.53. The van der Waals surface area contributed by atoms with Gasteiger partial charge in [0.05, 0.1) is 20.1 Å². The molecule has 1 aliphatic heterocycles. The molecule has 2 nitrogen and oxygen atoms in total. The van der Waals surface area contributed by atoms with E-state index in [-0.39, 0.29) is 24.0 Å². The third-order valence-electron chi connectivity index (χ3n) is 4.44. The maximum absolute atomic E-state index is 5.86. The van der Waals surface area contributed by atoms with Crippen LogP contribution in [0.3, 0.4) is 0 Å². The van der Waals surface area contributed by atoms with Crippen molar-refractivity contribution < 1.29 is 33.2 Å². The molecule has 0 N–H and O–H groups in total. The van der Waals surface area contributed by atoms with Crippen LogP contribution in [0.1, 0.15) is 17.5 Å². The molecule has 2 aromatic carbocycles. The first kappa shape index (κ1) is 18.0. The Kier molecular flexibility index (Phi) is 6.66. The molecule has 1 aliphatic rings. The molecular formula is C20H24INO. The van der Waals surface area contributed by atoms with Gasteiger partial charge in [-0.25, -0.2) is 0 Å². The van der Waals surface area contributed by atoms with Crippen LogP contribution < -0.4 is 28.7 Å². The first-order chi connectivity index (χ1) is 10.7. The lowest BCUT2D eigenvalue weighted by Gasteiger charge is -2.41. The zero-order chi connectivity index (χ0) is 15.3. The zero-order valence-corrected chi connectivity index (χ0v) is 15.8. The molecular weight excluding hydrogens is 397 g/mol. The molecule has 0 unspecified atom stereocenters. The second kappa shape index (κ2) is 8.50. The van der Waals surface area contributed by atoms with Crippen LogP contribution in [0.5, 0.6) is 5.75 Å². The second-order valence-corrected chi connectivity index (χ2v) is 6.31. The van der Waals surface area contributed by atoms with E-state index in [1.165, 1.54) is 30.6 Å². The van der Waals surface area contributed by atoms with E-state index in [1.807, 2.05) is 6.07 Å². The van der Waals surface area contributed by atoms with Gasteiger partial charge in [-0.1, -0.05) is 54.6 Å². The quantitative estimate of drug-likeness (QED) is 0.386. The fraction of sp³-hybridized carbons (Fsp3) is 0.300. The first-order valence-electron chi connectivity index (χ1n) is 8.03. The van der Waals surface area contributed by atoms with Gasteiger partial charge in [-0.2, -0.15) is 0 Å². The maximum Gasteiger partial charge on any atom is 0.137 e. The number of hydrogen-bond acceptors (Lipinski definition) is 1. The second-order valence-electron chi connectivity index (χ2n) is 6.31. The van der Waals surface area contributed by atoms with Crippen molar-refractivity contribution >= 4 is 12.2 Å². The number of likely N-dealkylation sites (tertiary alicyclic amines) is 1. The van der Waals surface area contributed by atoms with Crippen LogP contribution in [-0.2, 0) is 0 Å². The molecule has 0 bridgehead atoms. The van der Waals surface area contributed by atoms with Gasteiger partial charge in [0.25, 0.3) is 0 Å². The lowest BCUT2D eigenvalue weighted by molar-refractivity contribution is -0.946. The maximum atomic E-state index is 5.86. The summed E-state index contributed by atoms with van der Waals surface area (Å²) >= 11 is 0. The van der Waals surface area contributed by atoms with Crippen LogP contribution >= 0.6 is 0 Å². The Hall–Kier alpha value is -1.33. The van der Waals surface area contributed by atoms with Gasteiger partial charge in [0.1, 0.15) is 18.9 Å². The van der Waals surface area contributed by atoms with Crippen LogP contribution in [0.25, 0.3) is 12.2 Å². The highest BCUT2D eigenvalue weighted by Crippen LogP contribution is 2.18. The molecule has 0 spiro atoms. The van der Waals surface area contributed by atoms with Crippen LogP contribution in [0.15, 0.2) is 54.6 Å². The molecule has 0 amide bonds. The standard InChI is InChI=1S/C20H24NO.HI/c1-21(14-5-15-21)16-17-22-20-12-10-19(11-13-20)9-8-18-6-3-2-4-7-18;/h2-4,6-13H,5,14-17H2,1H3;1H/q+1;/p-1/b9-8+;. The Balaban J connectivity index is 0.00000192. The van der Waals surface area contributed by atoms with Crippen molar-refractivity contribution in [2.45, 2.75) is 6.42 Å². The van der Waals surface area contributed by atoms with Crippen molar-refractivity contribution in [2.24, 2.45) is 0 Å². The predicted molar refractivity (Wildman–Crippen MR) is 92.7 cm³/mol. The summed E-state index contributed by atoms with van der Waals surface area (Å²) in [6, 6.07) is 18.7. The van der Waals surface area contributed by atoms with E-state index in [4.69, 9.17) is 4.74 Å². The molecule has 1 fully saturated rings. The molecule has 0 saturated carbocycles. The van der Waals surface area contributed by atoms with E-state index in [0.717, 1.165) is 23.4 Å². The van der Waals surface area contributed by atoms with Crippen LogP contribution in [0.2, 0.25) is 0 Å². The average molecular weight is 421 g/mol. The smallest absolute Gasteiger partial charge is 0.137 e. The number of quaternary nitrogens is 1. The summed E-state index contributed by atoms with van der Waals surface area (Å²) in [5, 5.41) is 0. The minimum Gasteiger partial charge on any atom is -1.00 e. The van der Waals surface area contributed by atoms with E-state index >= 15 is 0 Å². The van der Waals surface area contributed by atoms with Gasteiger partial charge in [-0.3, -0.25) is 0 Å². The summed E-state index contributed by atoms with van der Waals surface area (Å²) in [5.41, 5.74) is 2.41. The summed E-state index contributed by atoms with van der Waals surface area (Å²) < 4.78 is 7.02. The third-order valence-corrected chi connectivity index (χ3v) is 4.44. The Morgan fingerprint density at radius 2 is 1.52 bits per heavy atom. The van der Waals surface area contributed by atoms with E-state index in [0.29, 0.717) is 0 Å². The van der Waals surface area contributed by atoms with Gasteiger partial charge < -0.3 is 33.2 Å². The van der Waals surface area contributed by atoms with Crippen molar-refractivity contribution in [3.63, 3.8) is 0 Å². The Morgan fingerprint density at radius 1 is 0.913 bits per heavy atom. The van der Waals surface area contributed by atoms with Crippen molar-refractivity contribution in [1.29, 1.82) is 0 Å². The number of hydrogen-bond donors (Lipinski definition) is 0. The summed E-state index contributed by atoms with van der Waals surface area (Å²) in [6.45, 7) is 4.50. The highest BCUT2D eigenvalue weighted by molar-refractivity contribution is 5.69. The zero-order valence-electron chi connectivity index (χ0n) is 13.6. The summed E-state index contributed by atoms with van der Waals surface area (Å²) in [7, 11) is 2.31. The van der Waals surface area contributed by atoms with Gasteiger partial charge in [-0.05, 0) is 23.3 Å². The van der Waals surface area contributed by atoms with Gasteiger partial charge in [0, 0.05) is 6.42 Å². The minimum absolute atomic E-state index is 0.